The Labute approximate surface area is 114 Å². The van der Waals surface area contributed by atoms with E-state index in [1.807, 2.05) is 12.1 Å². The third-order valence-electron chi connectivity index (χ3n) is 3.57. The van der Waals surface area contributed by atoms with Gasteiger partial charge in [0, 0.05) is 0 Å². The molecule has 0 aromatic heterocycles. The van der Waals surface area contributed by atoms with Crippen molar-refractivity contribution >= 4 is 0 Å². The first-order chi connectivity index (χ1) is 9.24. The summed E-state index contributed by atoms with van der Waals surface area (Å²) in [6.45, 7) is 2.15. The van der Waals surface area contributed by atoms with Gasteiger partial charge in [-0.25, -0.2) is 0 Å². The molecule has 1 heterocycles. The highest BCUT2D eigenvalue weighted by atomic mass is 16.6. The highest BCUT2D eigenvalue weighted by molar-refractivity contribution is 5.55. The number of aryl methyl sites for hydroxylation is 1. The molecule has 2 rings (SSSR count). The summed E-state index contributed by atoms with van der Waals surface area (Å²) in [6.07, 6.45) is 3.89. The van der Waals surface area contributed by atoms with Crippen LogP contribution in [0.5, 0.6) is 17.2 Å². The van der Waals surface area contributed by atoms with Crippen molar-refractivity contribution in [2.75, 3.05) is 21.3 Å². The molecule has 2 atom stereocenters. The third kappa shape index (κ3) is 2.95. The minimum Gasteiger partial charge on any atom is -0.493 e. The van der Waals surface area contributed by atoms with E-state index < -0.39 is 0 Å². The molecule has 1 aromatic carbocycles. The molecule has 4 nitrogen and oxygen atoms in total. The molecule has 0 bridgehead atoms. The second-order valence-electron chi connectivity index (χ2n) is 4.65. The monoisotopic (exact) mass is 266 g/mol. The number of ether oxygens (including phenoxy) is 4. The van der Waals surface area contributed by atoms with Crippen LogP contribution in [0.3, 0.4) is 0 Å². The van der Waals surface area contributed by atoms with Crippen molar-refractivity contribution in [1.82, 2.24) is 0 Å². The van der Waals surface area contributed by atoms with Gasteiger partial charge in [0.25, 0.3) is 0 Å². The Kier molecular flexibility index (Phi) is 4.53. The number of hydrogen-bond acceptors (Lipinski definition) is 4. The Hall–Kier alpha value is -1.42. The first-order valence-electron chi connectivity index (χ1n) is 6.68. The zero-order chi connectivity index (χ0) is 13.8. The molecule has 1 fully saturated rings. The molecule has 0 N–H and O–H groups in total. The van der Waals surface area contributed by atoms with Crippen LogP contribution in [0.25, 0.3) is 0 Å². The molecule has 4 heteroatoms. The van der Waals surface area contributed by atoms with E-state index in [0.717, 1.165) is 30.6 Å². The summed E-state index contributed by atoms with van der Waals surface area (Å²) in [6, 6.07) is 3.95. The smallest absolute Gasteiger partial charge is 0.203 e. The van der Waals surface area contributed by atoms with Gasteiger partial charge in [0.1, 0.15) is 0 Å². The van der Waals surface area contributed by atoms with Crippen molar-refractivity contribution in [3.8, 4) is 17.2 Å². The van der Waals surface area contributed by atoms with Crippen LogP contribution in [0.15, 0.2) is 12.1 Å². The van der Waals surface area contributed by atoms with Gasteiger partial charge in [0.15, 0.2) is 11.5 Å². The molecule has 0 spiro atoms. The van der Waals surface area contributed by atoms with E-state index in [4.69, 9.17) is 18.9 Å². The van der Waals surface area contributed by atoms with E-state index in [1.54, 1.807) is 21.3 Å². The standard InChI is InChI=1S/C15H22O4/c1-5-11-12(19-11)8-6-10-7-9-13(16-2)15(18-4)14(10)17-3/h7,9,11-12H,5-6,8H2,1-4H3. The van der Waals surface area contributed by atoms with E-state index in [-0.39, 0.29) is 0 Å². The maximum absolute atomic E-state index is 5.57. The molecule has 1 aromatic rings. The topological polar surface area (TPSA) is 40.2 Å². The minimum atomic E-state index is 0.405. The predicted octanol–water partition coefficient (Wildman–Crippen LogP) is 2.82. The van der Waals surface area contributed by atoms with Gasteiger partial charge in [-0.1, -0.05) is 13.0 Å². The summed E-state index contributed by atoms with van der Waals surface area (Å²) >= 11 is 0. The summed E-state index contributed by atoms with van der Waals surface area (Å²) in [5, 5.41) is 0. The van der Waals surface area contributed by atoms with E-state index >= 15 is 0 Å². The fraction of sp³-hybridized carbons (Fsp3) is 0.600. The molecule has 0 amide bonds. The number of hydrogen-bond donors (Lipinski definition) is 0. The van der Waals surface area contributed by atoms with Crippen LogP contribution in [0, 0.1) is 0 Å². The highest BCUT2D eigenvalue weighted by Crippen LogP contribution is 2.41. The number of benzene rings is 1. The van der Waals surface area contributed by atoms with Crippen molar-refractivity contribution in [3.05, 3.63) is 17.7 Å². The molecule has 2 unspecified atom stereocenters. The van der Waals surface area contributed by atoms with Gasteiger partial charge in [-0.3, -0.25) is 0 Å². The predicted molar refractivity (Wildman–Crippen MR) is 73.4 cm³/mol. The van der Waals surface area contributed by atoms with Crippen LogP contribution in [-0.4, -0.2) is 33.5 Å². The Bertz CT molecular complexity index is 430. The van der Waals surface area contributed by atoms with Gasteiger partial charge in [-0.15, -0.1) is 0 Å². The zero-order valence-corrected chi connectivity index (χ0v) is 12.1. The normalized spacial score (nSPS) is 21.1. The largest absolute Gasteiger partial charge is 0.493 e. The molecule has 0 saturated carbocycles. The average molecular weight is 266 g/mol. The lowest BCUT2D eigenvalue weighted by molar-refractivity contribution is 0.321. The van der Waals surface area contributed by atoms with Crippen molar-refractivity contribution in [1.29, 1.82) is 0 Å². The number of rotatable bonds is 7. The maximum Gasteiger partial charge on any atom is 0.203 e. The van der Waals surface area contributed by atoms with E-state index in [9.17, 15) is 0 Å². The van der Waals surface area contributed by atoms with Crippen LogP contribution in [0.1, 0.15) is 25.3 Å². The molecular formula is C15H22O4. The lowest BCUT2D eigenvalue weighted by Gasteiger charge is -2.15. The Morgan fingerprint density at radius 3 is 2.26 bits per heavy atom. The lowest BCUT2D eigenvalue weighted by atomic mass is 10.0. The molecule has 0 radical (unpaired) electrons. The molecular weight excluding hydrogens is 244 g/mol. The van der Waals surface area contributed by atoms with Crippen molar-refractivity contribution in [2.45, 2.75) is 38.4 Å². The molecule has 1 aliphatic rings. The third-order valence-corrected chi connectivity index (χ3v) is 3.57. The van der Waals surface area contributed by atoms with Gasteiger partial charge in [0.05, 0.1) is 33.5 Å². The van der Waals surface area contributed by atoms with E-state index in [1.165, 1.54) is 0 Å². The number of epoxide rings is 1. The molecule has 1 saturated heterocycles. The molecule has 1 aliphatic heterocycles. The van der Waals surface area contributed by atoms with Gasteiger partial charge < -0.3 is 18.9 Å². The quantitative estimate of drug-likeness (QED) is 0.711. The van der Waals surface area contributed by atoms with Crippen molar-refractivity contribution in [2.24, 2.45) is 0 Å². The van der Waals surface area contributed by atoms with E-state index in [2.05, 4.69) is 6.92 Å². The van der Waals surface area contributed by atoms with Crippen LogP contribution in [-0.2, 0) is 11.2 Å². The Morgan fingerprint density at radius 1 is 1.00 bits per heavy atom. The summed E-state index contributed by atoms with van der Waals surface area (Å²) < 4.78 is 21.7. The second kappa shape index (κ2) is 6.15. The highest BCUT2D eigenvalue weighted by Gasteiger charge is 2.36. The Morgan fingerprint density at radius 2 is 1.74 bits per heavy atom. The van der Waals surface area contributed by atoms with Crippen molar-refractivity contribution in [3.63, 3.8) is 0 Å². The maximum atomic E-state index is 5.57. The van der Waals surface area contributed by atoms with Gasteiger partial charge in [-0.05, 0) is 30.9 Å². The summed E-state index contributed by atoms with van der Waals surface area (Å²) in [4.78, 5) is 0. The van der Waals surface area contributed by atoms with Crippen LogP contribution < -0.4 is 14.2 Å². The summed E-state index contributed by atoms with van der Waals surface area (Å²) in [5.74, 6) is 2.11. The SMILES string of the molecule is CCC1OC1CCc1ccc(OC)c(OC)c1OC. The zero-order valence-electron chi connectivity index (χ0n) is 12.1. The minimum absolute atomic E-state index is 0.405. The summed E-state index contributed by atoms with van der Waals surface area (Å²) in [7, 11) is 4.91. The molecule has 0 aliphatic carbocycles. The Balaban J connectivity index is 2.11. The van der Waals surface area contributed by atoms with Gasteiger partial charge >= 0.3 is 0 Å². The summed E-state index contributed by atoms with van der Waals surface area (Å²) in [5.41, 5.74) is 1.13. The van der Waals surface area contributed by atoms with Gasteiger partial charge in [0.2, 0.25) is 5.75 Å². The van der Waals surface area contributed by atoms with Crippen LogP contribution in [0.2, 0.25) is 0 Å². The van der Waals surface area contributed by atoms with Gasteiger partial charge in [-0.2, -0.15) is 0 Å². The van der Waals surface area contributed by atoms with Crippen molar-refractivity contribution < 1.29 is 18.9 Å². The second-order valence-corrected chi connectivity index (χ2v) is 4.65. The molecule has 19 heavy (non-hydrogen) atoms. The lowest BCUT2D eigenvalue weighted by Crippen LogP contribution is -2.01. The first-order valence-corrected chi connectivity index (χ1v) is 6.68. The molecule has 106 valence electrons. The number of methoxy groups -OCH3 is 3. The fourth-order valence-electron chi connectivity index (χ4n) is 2.45. The fourth-order valence-corrected chi connectivity index (χ4v) is 2.45. The van der Waals surface area contributed by atoms with Crippen LogP contribution >= 0.6 is 0 Å². The van der Waals surface area contributed by atoms with Crippen LogP contribution in [0.4, 0.5) is 0 Å². The average Bonchev–Trinajstić information content (AvgIpc) is 3.22. The van der Waals surface area contributed by atoms with E-state index in [0.29, 0.717) is 23.7 Å². The first kappa shape index (κ1) is 14.0.